The van der Waals surface area contributed by atoms with Crippen molar-refractivity contribution in [1.82, 2.24) is 0 Å². The van der Waals surface area contributed by atoms with Crippen molar-refractivity contribution in [3.63, 3.8) is 0 Å². The first kappa shape index (κ1) is 16.3. The third kappa shape index (κ3) is 3.57. The van der Waals surface area contributed by atoms with Gasteiger partial charge < -0.3 is 15.5 Å². The van der Waals surface area contributed by atoms with Crippen molar-refractivity contribution in [2.45, 2.75) is 25.7 Å². The second kappa shape index (κ2) is 6.79. The lowest BCUT2D eigenvalue weighted by atomic mass is 9.78. The first-order chi connectivity index (χ1) is 10.4. The lowest BCUT2D eigenvalue weighted by molar-refractivity contribution is -0.147. The fourth-order valence-corrected chi connectivity index (χ4v) is 2.88. The Morgan fingerprint density at radius 2 is 1.73 bits per heavy atom. The van der Waals surface area contributed by atoms with Gasteiger partial charge in [-0.05, 0) is 31.0 Å². The molecule has 2 rings (SSSR count). The number of carboxylic acids is 2. The van der Waals surface area contributed by atoms with E-state index in [1.165, 1.54) is 18.2 Å². The quantitative estimate of drug-likeness (QED) is 0.789. The van der Waals surface area contributed by atoms with Crippen molar-refractivity contribution >= 4 is 35.1 Å². The van der Waals surface area contributed by atoms with Crippen LogP contribution in [0.25, 0.3) is 0 Å². The lowest BCUT2D eigenvalue weighted by Gasteiger charge is -2.27. The van der Waals surface area contributed by atoms with Crippen molar-refractivity contribution in [2.75, 3.05) is 5.32 Å². The summed E-state index contributed by atoms with van der Waals surface area (Å²) in [6.45, 7) is 0. The van der Waals surface area contributed by atoms with E-state index in [-0.39, 0.29) is 16.3 Å². The molecule has 0 aliphatic heterocycles. The van der Waals surface area contributed by atoms with Crippen LogP contribution < -0.4 is 5.32 Å². The maximum Gasteiger partial charge on any atom is 0.335 e. The molecule has 0 radical (unpaired) electrons. The van der Waals surface area contributed by atoms with Gasteiger partial charge in [0.2, 0.25) is 5.91 Å². The molecule has 1 aromatic rings. The molecule has 7 heteroatoms. The van der Waals surface area contributed by atoms with Gasteiger partial charge in [0, 0.05) is 0 Å². The van der Waals surface area contributed by atoms with Gasteiger partial charge in [0.15, 0.2) is 0 Å². The van der Waals surface area contributed by atoms with E-state index in [1.807, 2.05) is 0 Å². The zero-order valence-electron chi connectivity index (χ0n) is 11.7. The first-order valence-electron chi connectivity index (χ1n) is 6.96. The Kier molecular flexibility index (Phi) is 5.03. The van der Waals surface area contributed by atoms with Crippen molar-refractivity contribution in [3.8, 4) is 0 Å². The number of carbonyl (C=O) groups excluding carboxylic acids is 1. The third-order valence-corrected chi connectivity index (χ3v) is 4.22. The molecule has 1 aliphatic carbocycles. The summed E-state index contributed by atoms with van der Waals surface area (Å²) in [4.78, 5) is 34.5. The Morgan fingerprint density at radius 1 is 1.09 bits per heavy atom. The smallest absolute Gasteiger partial charge is 0.335 e. The zero-order chi connectivity index (χ0) is 16.3. The average Bonchev–Trinajstić information content (AvgIpc) is 2.49. The van der Waals surface area contributed by atoms with Gasteiger partial charge in [0.25, 0.3) is 0 Å². The fourth-order valence-electron chi connectivity index (χ4n) is 2.72. The minimum atomic E-state index is -1.13. The zero-order valence-corrected chi connectivity index (χ0v) is 12.5. The standard InChI is InChI=1S/C15H16ClNO5/c16-11-6-5-8(14(19)20)7-12(11)17-13(18)9-3-1-2-4-10(9)15(21)22/h5-7,9-10H,1-4H2,(H,17,18)(H,19,20)(H,21,22)/t9-,10-/m0/s1. The summed E-state index contributed by atoms with van der Waals surface area (Å²) in [6.07, 6.45) is 2.55. The van der Waals surface area contributed by atoms with Crippen molar-refractivity contribution in [1.29, 1.82) is 0 Å². The molecule has 3 N–H and O–H groups in total. The monoisotopic (exact) mass is 325 g/mol. The van der Waals surface area contributed by atoms with Crippen LogP contribution in [0.2, 0.25) is 5.02 Å². The van der Waals surface area contributed by atoms with Crippen LogP contribution in [0.15, 0.2) is 18.2 Å². The number of hydrogen-bond donors (Lipinski definition) is 3. The number of benzene rings is 1. The summed E-state index contributed by atoms with van der Waals surface area (Å²) in [6, 6.07) is 3.98. The number of carboxylic acid groups (broad SMARTS) is 2. The van der Waals surface area contributed by atoms with E-state index in [4.69, 9.17) is 16.7 Å². The van der Waals surface area contributed by atoms with E-state index in [9.17, 15) is 19.5 Å². The maximum absolute atomic E-state index is 12.3. The third-order valence-electron chi connectivity index (χ3n) is 3.89. The second-order valence-corrected chi connectivity index (χ2v) is 5.73. The molecule has 118 valence electrons. The number of aliphatic carboxylic acids is 1. The molecule has 0 bridgehead atoms. The van der Waals surface area contributed by atoms with E-state index in [1.54, 1.807) is 0 Å². The van der Waals surface area contributed by atoms with E-state index in [0.29, 0.717) is 12.8 Å². The highest BCUT2D eigenvalue weighted by Crippen LogP contribution is 2.32. The van der Waals surface area contributed by atoms with E-state index < -0.39 is 29.7 Å². The highest BCUT2D eigenvalue weighted by atomic mass is 35.5. The molecule has 22 heavy (non-hydrogen) atoms. The summed E-state index contributed by atoms with van der Waals surface area (Å²) < 4.78 is 0. The number of halogens is 1. The molecule has 0 spiro atoms. The number of aromatic carboxylic acids is 1. The number of hydrogen-bond acceptors (Lipinski definition) is 3. The van der Waals surface area contributed by atoms with Crippen molar-refractivity contribution in [3.05, 3.63) is 28.8 Å². The van der Waals surface area contributed by atoms with Gasteiger partial charge in [-0.1, -0.05) is 24.4 Å². The van der Waals surface area contributed by atoms with Crippen LogP contribution >= 0.6 is 11.6 Å². The number of carbonyl (C=O) groups is 3. The van der Waals surface area contributed by atoms with E-state index in [2.05, 4.69) is 5.32 Å². The molecule has 1 saturated carbocycles. The molecule has 6 nitrogen and oxygen atoms in total. The fraction of sp³-hybridized carbons (Fsp3) is 0.400. The van der Waals surface area contributed by atoms with Gasteiger partial charge >= 0.3 is 11.9 Å². The minimum absolute atomic E-state index is 0.00173. The minimum Gasteiger partial charge on any atom is -0.481 e. The van der Waals surface area contributed by atoms with E-state index in [0.717, 1.165) is 12.8 Å². The summed E-state index contributed by atoms with van der Waals surface area (Å²) in [5.41, 5.74) is 0.180. The Morgan fingerprint density at radius 3 is 2.32 bits per heavy atom. The molecular weight excluding hydrogens is 310 g/mol. The van der Waals surface area contributed by atoms with Crippen LogP contribution in [-0.4, -0.2) is 28.1 Å². The molecule has 1 amide bonds. The molecule has 1 aromatic carbocycles. The number of nitrogens with one attached hydrogen (secondary N) is 1. The van der Waals surface area contributed by atoms with Crippen LogP contribution in [-0.2, 0) is 9.59 Å². The maximum atomic E-state index is 12.3. The number of amides is 1. The molecule has 0 saturated heterocycles. The SMILES string of the molecule is O=C(O)c1ccc(Cl)c(NC(=O)[C@H]2CCCC[C@@H]2C(=O)O)c1. The van der Waals surface area contributed by atoms with Gasteiger partial charge in [-0.25, -0.2) is 4.79 Å². The van der Waals surface area contributed by atoms with Crippen LogP contribution in [0.1, 0.15) is 36.0 Å². The van der Waals surface area contributed by atoms with Gasteiger partial charge in [-0.15, -0.1) is 0 Å². The number of anilines is 1. The predicted octanol–water partition coefficient (Wildman–Crippen LogP) is 2.87. The molecule has 1 fully saturated rings. The summed E-state index contributed by atoms with van der Waals surface area (Å²) in [5.74, 6) is -3.89. The Hall–Kier alpha value is -2.08. The Balaban J connectivity index is 2.19. The highest BCUT2D eigenvalue weighted by Gasteiger charge is 2.35. The first-order valence-corrected chi connectivity index (χ1v) is 7.34. The van der Waals surface area contributed by atoms with Crippen molar-refractivity contribution < 1.29 is 24.6 Å². The summed E-state index contributed by atoms with van der Waals surface area (Å²) in [7, 11) is 0. The van der Waals surface area contributed by atoms with Crippen molar-refractivity contribution in [2.24, 2.45) is 11.8 Å². The molecule has 0 aromatic heterocycles. The van der Waals surface area contributed by atoms with E-state index >= 15 is 0 Å². The predicted molar refractivity (Wildman–Crippen MR) is 80.1 cm³/mol. The summed E-state index contributed by atoms with van der Waals surface area (Å²) in [5, 5.41) is 20.9. The molecule has 0 unspecified atom stereocenters. The topological polar surface area (TPSA) is 104 Å². The van der Waals surface area contributed by atoms with Crippen LogP contribution in [0.4, 0.5) is 5.69 Å². The van der Waals surface area contributed by atoms with Crippen LogP contribution in [0.3, 0.4) is 0 Å². The second-order valence-electron chi connectivity index (χ2n) is 5.32. The molecule has 0 heterocycles. The van der Waals surface area contributed by atoms with Crippen LogP contribution in [0.5, 0.6) is 0 Å². The van der Waals surface area contributed by atoms with Gasteiger partial charge in [-0.3, -0.25) is 9.59 Å². The van der Waals surface area contributed by atoms with Gasteiger partial charge in [0.05, 0.1) is 28.1 Å². The molecular formula is C15H16ClNO5. The summed E-state index contributed by atoms with van der Waals surface area (Å²) >= 11 is 5.96. The largest absolute Gasteiger partial charge is 0.481 e. The normalized spacial score (nSPS) is 21.1. The average molecular weight is 326 g/mol. The lowest BCUT2D eigenvalue weighted by Crippen LogP contribution is -2.36. The number of rotatable bonds is 4. The van der Waals surface area contributed by atoms with Gasteiger partial charge in [-0.2, -0.15) is 0 Å². The van der Waals surface area contributed by atoms with Gasteiger partial charge in [0.1, 0.15) is 0 Å². The van der Waals surface area contributed by atoms with Crippen LogP contribution in [0, 0.1) is 11.8 Å². The molecule has 2 atom stereocenters. The Bertz CT molecular complexity index is 616. The Labute approximate surface area is 132 Å². The molecule has 1 aliphatic rings. The highest BCUT2D eigenvalue weighted by molar-refractivity contribution is 6.33.